The van der Waals surface area contributed by atoms with Crippen molar-refractivity contribution in [3.63, 3.8) is 0 Å². The van der Waals surface area contributed by atoms with Crippen LogP contribution in [-0.4, -0.2) is 63.2 Å². The van der Waals surface area contributed by atoms with E-state index >= 15 is 0 Å². The lowest BCUT2D eigenvalue weighted by Gasteiger charge is -2.31. The molecule has 0 amide bonds. The number of carbonyl (C=O) groups excluding carboxylic acids is 2. The number of carbonyl (C=O) groups is 2. The van der Waals surface area contributed by atoms with Crippen LogP contribution in [0.2, 0.25) is 0 Å². The lowest BCUT2D eigenvalue weighted by Crippen LogP contribution is -2.38. The predicted octanol–water partition coefficient (Wildman–Crippen LogP) is 4.86. The van der Waals surface area contributed by atoms with Gasteiger partial charge in [-0.05, 0) is 73.9 Å². The molecule has 2 aromatic carbocycles. The van der Waals surface area contributed by atoms with E-state index in [1.807, 2.05) is 0 Å². The first-order valence-electron chi connectivity index (χ1n) is 14.5. The van der Waals surface area contributed by atoms with Crippen LogP contribution < -0.4 is 0 Å². The van der Waals surface area contributed by atoms with Gasteiger partial charge in [0.1, 0.15) is 0 Å². The van der Waals surface area contributed by atoms with E-state index in [1.165, 1.54) is 45.0 Å². The zero-order valence-corrected chi connectivity index (χ0v) is 24.9. The van der Waals surface area contributed by atoms with Crippen LogP contribution in [0.3, 0.4) is 0 Å². The van der Waals surface area contributed by atoms with Crippen LogP contribution in [-0.2, 0) is 20.0 Å². The molecule has 2 fully saturated rings. The summed E-state index contributed by atoms with van der Waals surface area (Å²) in [6.45, 7) is 5.96. The summed E-state index contributed by atoms with van der Waals surface area (Å²) in [6.07, 6.45) is 7.51. The van der Waals surface area contributed by atoms with Gasteiger partial charge in [-0.2, -0.15) is 8.61 Å². The first-order valence-corrected chi connectivity index (χ1v) is 17.3. The molecule has 0 N–H and O–H groups in total. The fourth-order valence-corrected chi connectivity index (χ4v) is 9.41. The summed E-state index contributed by atoms with van der Waals surface area (Å²) < 4.78 is 56.7. The summed E-state index contributed by atoms with van der Waals surface area (Å²) in [4.78, 5) is 26.9. The molecule has 0 unspecified atom stereocenters. The first kappa shape index (κ1) is 29.1. The Balaban J connectivity index is 1.41. The van der Waals surface area contributed by atoms with Gasteiger partial charge in [0.2, 0.25) is 20.0 Å². The quantitative estimate of drug-likeness (QED) is 0.373. The molecular formula is C30H38N2O6S2. The van der Waals surface area contributed by atoms with E-state index in [9.17, 15) is 26.4 Å². The van der Waals surface area contributed by atoms with Gasteiger partial charge in [-0.15, -0.1) is 0 Å². The standard InChI is InChI=1S/C30H38N2O6S2/c1-3-5-21-11-15-31(16-12-21)39(35,36)23-7-9-25-27(19-23)30(34)28-20-24(8-10-26(28)29(25)33)40(37,38)32-17-13-22(6-4-2)14-18-32/h7-10,19-22H,3-6,11-18H2,1-2H3. The SMILES string of the molecule is CCCC1CCN(S(=O)(=O)c2ccc3c(c2)C(=O)c2cc(S(=O)(=O)N4CCC(CCC)CC4)ccc2C3=O)CC1. The van der Waals surface area contributed by atoms with E-state index < -0.39 is 31.6 Å². The Kier molecular flexibility index (Phi) is 8.34. The van der Waals surface area contributed by atoms with Crippen molar-refractivity contribution < 1.29 is 26.4 Å². The van der Waals surface area contributed by atoms with E-state index in [-0.39, 0.29) is 32.0 Å². The maximum absolute atomic E-state index is 13.6. The van der Waals surface area contributed by atoms with Gasteiger partial charge < -0.3 is 0 Å². The second-order valence-corrected chi connectivity index (χ2v) is 15.2. The number of hydrogen-bond donors (Lipinski definition) is 0. The van der Waals surface area contributed by atoms with Gasteiger partial charge in [0, 0.05) is 48.4 Å². The maximum Gasteiger partial charge on any atom is 0.243 e. The van der Waals surface area contributed by atoms with Gasteiger partial charge in [0.25, 0.3) is 0 Å². The smallest absolute Gasteiger partial charge is 0.243 e. The Morgan fingerprint density at radius 3 is 1.30 bits per heavy atom. The molecule has 3 aliphatic rings. The lowest BCUT2D eigenvalue weighted by atomic mass is 9.84. The maximum atomic E-state index is 13.6. The first-order chi connectivity index (χ1) is 19.1. The largest absolute Gasteiger partial charge is 0.289 e. The monoisotopic (exact) mass is 586 g/mol. The van der Waals surface area contributed by atoms with Crippen LogP contribution in [0.15, 0.2) is 46.2 Å². The number of fused-ring (bicyclic) bond motifs is 2. The third-order valence-electron chi connectivity index (χ3n) is 8.78. The number of benzene rings is 2. The van der Waals surface area contributed by atoms with Gasteiger partial charge >= 0.3 is 0 Å². The van der Waals surface area contributed by atoms with Crippen molar-refractivity contribution in [1.29, 1.82) is 0 Å². The van der Waals surface area contributed by atoms with Crippen molar-refractivity contribution in [2.75, 3.05) is 26.2 Å². The molecule has 216 valence electrons. The summed E-state index contributed by atoms with van der Waals surface area (Å²) in [5, 5.41) is 0. The molecule has 8 nitrogen and oxygen atoms in total. The summed E-state index contributed by atoms with van der Waals surface area (Å²) in [5.41, 5.74) is 0.252. The van der Waals surface area contributed by atoms with Crippen LogP contribution in [0.4, 0.5) is 0 Å². The van der Waals surface area contributed by atoms with Crippen molar-refractivity contribution >= 4 is 31.6 Å². The highest BCUT2D eigenvalue weighted by molar-refractivity contribution is 7.89. The van der Waals surface area contributed by atoms with E-state index in [0.717, 1.165) is 51.4 Å². The number of ketones is 2. The van der Waals surface area contributed by atoms with Crippen molar-refractivity contribution in [3.05, 3.63) is 58.7 Å². The highest BCUT2D eigenvalue weighted by atomic mass is 32.2. The lowest BCUT2D eigenvalue weighted by molar-refractivity contribution is 0.0978. The topological polar surface area (TPSA) is 109 Å². The van der Waals surface area contributed by atoms with Crippen LogP contribution >= 0.6 is 0 Å². The predicted molar refractivity (Wildman–Crippen MR) is 153 cm³/mol. The molecule has 0 atom stereocenters. The Morgan fingerprint density at radius 2 is 0.950 bits per heavy atom. The third-order valence-corrected chi connectivity index (χ3v) is 12.6. The number of nitrogens with zero attached hydrogens (tertiary/aromatic N) is 2. The van der Waals surface area contributed by atoms with Gasteiger partial charge in [-0.25, -0.2) is 16.8 Å². The second-order valence-electron chi connectivity index (χ2n) is 11.3. The fraction of sp³-hybridized carbons (Fsp3) is 0.533. The molecule has 2 heterocycles. The third kappa shape index (κ3) is 5.31. The molecule has 5 rings (SSSR count). The summed E-state index contributed by atoms with van der Waals surface area (Å²) in [6, 6.07) is 8.16. The normalized spacial score (nSPS) is 19.9. The van der Waals surface area contributed by atoms with E-state index in [4.69, 9.17) is 0 Å². The van der Waals surface area contributed by atoms with Crippen molar-refractivity contribution in [2.45, 2.75) is 75.0 Å². The van der Waals surface area contributed by atoms with E-state index in [2.05, 4.69) is 13.8 Å². The van der Waals surface area contributed by atoms with Crippen molar-refractivity contribution in [3.8, 4) is 0 Å². The Morgan fingerprint density at radius 1 is 0.600 bits per heavy atom. The second kappa shape index (κ2) is 11.5. The van der Waals surface area contributed by atoms with E-state index in [1.54, 1.807) is 0 Å². The highest BCUT2D eigenvalue weighted by Gasteiger charge is 2.36. The zero-order valence-electron chi connectivity index (χ0n) is 23.3. The Hall–Kier alpha value is -2.40. The minimum Gasteiger partial charge on any atom is -0.289 e. The number of piperidine rings is 2. The van der Waals surface area contributed by atoms with Crippen LogP contribution in [0, 0.1) is 11.8 Å². The summed E-state index contributed by atoms with van der Waals surface area (Å²) >= 11 is 0. The van der Waals surface area contributed by atoms with Crippen molar-refractivity contribution in [2.24, 2.45) is 11.8 Å². The van der Waals surface area contributed by atoms with Crippen LogP contribution in [0.1, 0.15) is 97.1 Å². The minimum atomic E-state index is -3.84. The molecule has 40 heavy (non-hydrogen) atoms. The average Bonchev–Trinajstić information content (AvgIpc) is 2.96. The van der Waals surface area contributed by atoms with E-state index in [0.29, 0.717) is 38.0 Å². The van der Waals surface area contributed by atoms with Gasteiger partial charge in [-0.1, -0.05) is 39.5 Å². The minimum absolute atomic E-state index is 0.00521. The van der Waals surface area contributed by atoms with Crippen LogP contribution in [0.5, 0.6) is 0 Å². The Labute approximate surface area is 237 Å². The fourth-order valence-electron chi connectivity index (χ4n) is 6.42. The summed E-state index contributed by atoms with van der Waals surface area (Å²) in [5.74, 6) is 0.0768. The molecule has 0 saturated carbocycles. The molecule has 0 aromatic heterocycles. The molecule has 10 heteroatoms. The molecule has 1 aliphatic carbocycles. The molecule has 0 spiro atoms. The Bertz CT molecular complexity index is 1410. The van der Waals surface area contributed by atoms with Crippen molar-refractivity contribution in [1.82, 2.24) is 8.61 Å². The van der Waals surface area contributed by atoms with Crippen LogP contribution in [0.25, 0.3) is 0 Å². The number of hydrogen-bond acceptors (Lipinski definition) is 6. The number of rotatable bonds is 8. The van der Waals surface area contributed by atoms with Gasteiger partial charge in [-0.3, -0.25) is 9.59 Å². The molecular weight excluding hydrogens is 548 g/mol. The molecule has 2 aliphatic heterocycles. The zero-order chi connectivity index (χ0) is 28.7. The van der Waals surface area contributed by atoms with Gasteiger partial charge in [0.05, 0.1) is 9.79 Å². The molecule has 2 aromatic rings. The van der Waals surface area contributed by atoms with Gasteiger partial charge in [0.15, 0.2) is 11.6 Å². The summed E-state index contributed by atoms with van der Waals surface area (Å²) in [7, 11) is -7.68. The number of sulfonamides is 2. The molecule has 2 saturated heterocycles. The molecule has 0 radical (unpaired) electrons. The molecule has 0 bridgehead atoms. The highest BCUT2D eigenvalue weighted by Crippen LogP contribution is 2.34. The average molecular weight is 587 g/mol.